The zero-order valence-corrected chi connectivity index (χ0v) is 12.8. The second-order valence-corrected chi connectivity index (χ2v) is 5.66. The van der Waals surface area contributed by atoms with Crippen molar-refractivity contribution in [1.29, 1.82) is 0 Å². The highest BCUT2D eigenvalue weighted by molar-refractivity contribution is 5.39. The molecule has 108 valence electrons. The minimum atomic E-state index is 0.503. The van der Waals surface area contributed by atoms with E-state index in [0.29, 0.717) is 17.6 Å². The normalized spacial score (nSPS) is 12.7. The molecule has 1 aromatic rings. The molecule has 1 unspecified atom stereocenters. The standard InChI is InChI=1S/C17H28O2/c1-5-7-9-14(8-6-2)17-12-15(19-18)10-11-16(17)13(3)4/h10-14,18H,5-9H2,1-4H3. The maximum absolute atomic E-state index is 8.88. The van der Waals surface area contributed by atoms with Crippen molar-refractivity contribution in [2.45, 2.75) is 71.6 Å². The average molecular weight is 264 g/mol. The molecule has 0 saturated carbocycles. The molecule has 0 radical (unpaired) electrons. The molecule has 19 heavy (non-hydrogen) atoms. The van der Waals surface area contributed by atoms with Crippen LogP contribution in [-0.4, -0.2) is 5.26 Å². The van der Waals surface area contributed by atoms with Crippen LogP contribution in [0.5, 0.6) is 5.75 Å². The summed E-state index contributed by atoms with van der Waals surface area (Å²) < 4.78 is 0. The maximum atomic E-state index is 8.88. The van der Waals surface area contributed by atoms with Crippen LogP contribution < -0.4 is 4.89 Å². The Balaban J connectivity index is 3.08. The Morgan fingerprint density at radius 2 is 1.79 bits per heavy atom. The predicted octanol–water partition coefficient (Wildman–Crippen LogP) is 5.74. The van der Waals surface area contributed by atoms with Gasteiger partial charge in [0.25, 0.3) is 0 Å². The molecule has 0 aliphatic heterocycles. The molecule has 1 N–H and O–H groups in total. The molecule has 1 rings (SSSR count). The van der Waals surface area contributed by atoms with Crippen molar-refractivity contribution in [1.82, 2.24) is 0 Å². The van der Waals surface area contributed by atoms with Gasteiger partial charge in [-0.05, 0) is 47.9 Å². The summed E-state index contributed by atoms with van der Waals surface area (Å²) in [6, 6.07) is 5.97. The Kier molecular flexibility index (Phi) is 6.93. The molecule has 2 nitrogen and oxygen atoms in total. The van der Waals surface area contributed by atoms with E-state index in [0.717, 1.165) is 0 Å². The van der Waals surface area contributed by atoms with Crippen molar-refractivity contribution in [2.24, 2.45) is 0 Å². The highest BCUT2D eigenvalue weighted by Gasteiger charge is 2.17. The van der Waals surface area contributed by atoms with Crippen LogP contribution in [0.15, 0.2) is 18.2 Å². The quantitative estimate of drug-likeness (QED) is 0.479. The van der Waals surface area contributed by atoms with Crippen molar-refractivity contribution in [3.8, 4) is 5.75 Å². The van der Waals surface area contributed by atoms with Crippen LogP contribution in [0.25, 0.3) is 0 Å². The van der Waals surface area contributed by atoms with E-state index in [1.807, 2.05) is 12.1 Å². The monoisotopic (exact) mass is 264 g/mol. The Hall–Kier alpha value is -1.02. The van der Waals surface area contributed by atoms with Gasteiger partial charge in [-0.25, -0.2) is 5.26 Å². The lowest BCUT2D eigenvalue weighted by molar-refractivity contribution is -0.137. The van der Waals surface area contributed by atoms with Gasteiger partial charge in [-0.1, -0.05) is 53.0 Å². The van der Waals surface area contributed by atoms with Gasteiger partial charge in [-0.15, -0.1) is 0 Å². The van der Waals surface area contributed by atoms with Gasteiger partial charge >= 0.3 is 0 Å². The molecule has 0 aliphatic rings. The van der Waals surface area contributed by atoms with Crippen molar-refractivity contribution in [2.75, 3.05) is 0 Å². The van der Waals surface area contributed by atoms with Gasteiger partial charge in [0.05, 0.1) is 0 Å². The van der Waals surface area contributed by atoms with Gasteiger partial charge in [0, 0.05) is 0 Å². The summed E-state index contributed by atoms with van der Waals surface area (Å²) in [6.45, 7) is 8.92. The first-order valence-electron chi connectivity index (χ1n) is 7.59. The Morgan fingerprint density at radius 3 is 2.32 bits per heavy atom. The van der Waals surface area contributed by atoms with Gasteiger partial charge in [0.15, 0.2) is 5.75 Å². The van der Waals surface area contributed by atoms with Crippen molar-refractivity contribution < 1.29 is 10.1 Å². The van der Waals surface area contributed by atoms with Crippen molar-refractivity contribution in [3.05, 3.63) is 29.3 Å². The zero-order valence-electron chi connectivity index (χ0n) is 12.8. The van der Waals surface area contributed by atoms with Gasteiger partial charge in [-0.3, -0.25) is 0 Å². The van der Waals surface area contributed by atoms with Crippen LogP contribution in [0.4, 0.5) is 0 Å². The van der Waals surface area contributed by atoms with Crippen molar-refractivity contribution in [3.63, 3.8) is 0 Å². The molecule has 0 aliphatic carbocycles. The zero-order chi connectivity index (χ0) is 14.3. The first-order valence-corrected chi connectivity index (χ1v) is 7.59. The van der Waals surface area contributed by atoms with Crippen LogP contribution in [-0.2, 0) is 0 Å². The SMILES string of the molecule is CCCCC(CCC)c1cc(OO)ccc1C(C)C. The minimum absolute atomic E-state index is 0.503. The summed E-state index contributed by atoms with van der Waals surface area (Å²) in [6.07, 6.45) is 6.10. The fraction of sp³-hybridized carbons (Fsp3) is 0.647. The second kappa shape index (κ2) is 8.21. The highest BCUT2D eigenvalue weighted by Crippen LogP contribution is 2.35. The van der Waals surface area contributed by atoms with E-state index in [1.165, 1.54) is 43.2 Å². The van der Waals surface area contributed by atoms with Gasteiger partial charge in [-0.2, -0.15) is 0 Å². The maximum Gasteiger partial charge on any atom is 0.165 e. The van der Waals surface area contributed by atoms with E-state index in [1.54, 1.807) is 0 Å². The number of hydrogen-bond acceptors (Lipinski definition) is 2. The molecule has 1 aromatic carbocycles. The lowest BCUT2D eigenvalue weighted by atomic mass is 9.83. The number of hydrogen-bond donors (Lipinski definition) is 1. The summed E-state index contributed by atoms with van der Waals surface area (Å²) in [7, 11) is 0. The van der Waals surface area contributed by atoms with E-state index in [2.05, 4.69) is 38.6 Å². The molecular formula is C17H28O2. The van der Waals surface area contributed by atoms with E-state index >= 15 is 0 Å². The minimum Gasteiger partial charge on any atom is -0.340 e. The lowest BCUT2D eigenvalue weighted by Gasteiger charge is -2.22. The van der Waals surface area contributed by atoms with E-state index in [9.17, 15) is 0 Å². The summed E-state index contributed by atoms with van der Waals surface area (Å²) in [5.41, 5.74) is 2.74. The summed E-state index contributed by atoms with van der Waals surface area (Å²) >= 11 is 0. The number of rotatable bonds is 8. The van der Waals surface area contributed by atoms with Crippen LogP contribution in [0, 0.1) is 0 Å². The summed E-state index contributed by atoms with van der Waals surface area (Å²) in [4.78, 5) is 4.42. The second-order valence-electron chi connectivity index (χ2n) is 5.66. The molecule has 0 saturated heterocycles. The van der Waals surface area contributed by atoms with Gasteiger partial charge in [0.2, 0.25) is 0 Å². The Bertz CT molecular complexity index is 372. The first kappa shape index (κ1) is 16.0. The van der Waals surface area contributed by atoms with E-state index in [4.69, 9.17) is 5.26 Å². The molecule has 0 aromatic heterocycles. The van der Waals surface area contributed by atoms with Crippen LogP contribution in [0.3, 0.4) is 0 Å². The summed E-state index contributed by atoms with van der Waals surface area (Å²) in [5, 5.41) is 8.88. The number of unbranched alkanes of at least 4 members (excludes halogenated alkanes) is 1. The fourth-order valence-corrected chi connectivity index (χ4v) is 2.74. The Morgan fingerprint density at radius 1 is 1.05 bits per heavy atom. The average Bonchev–Trinajstić information content (AvgIpc) is 2.42. The van der Waals surface area contributed by atoms with Crippen LogP contribution in [0.1, 0.15) is 82.8 Å². The largest absolute Gasteiger partial charge is 0.340 e. The molecule has 0 spiro atoms. The Labute approximate surface area is 117 Å². The lowest BCUT2D eigenvalue weighted by Crippen LogP contribution is -2.05. The van der Waals surface area contributed by atoms with Crippen LogP contribution >= 0.6 is 0 Å². The molecule has 0 amide bonds. The third kappa shape index (κ3) is 4.54. The third-order valence-corrected chi connectivity index (χ3v) is 3.77. The first-order chi connectivity index (χ1) is 9.13. The molecule has 0 heterocycles. The third-order valence-electron chi connectivity index (χ3n) is 3.77. The van der Waals surface area contributed by atoms with E-state index in [-0.39, 0.29) is 0 Å². The summed E-state index contributed by atoms with van der Waals surface area (Å²) in [5.74, 6) is 1.64. The smallest absolute Gasteiger partial charge is 0.165 e. The van der Waals surface area contributed by atoms with Gasteiger partial charge in [0.1, 0.15) is 0 Å². The van der Waals surface area contributed by atoms with E-state index < -0.39 is 0 Å². The predicted molar refractivity (Wildman–Crippen MR) is 81.0 cm³/mol. The number of benzene rings is 1. The topological polar surface area (TPSA) is 29.5 Å². The molecule has 0 fully saturated rings. The molecule has 2 heteroatoms. The highest BCUT2D eigenvalue weighted by atomic mass is 17.1. The van der Waals surface area contributed by atoms with Crippen molar-refractivity contribution >= 4 is 0 Å². The molecular weight excluding hydrogens is 236 g/mol. The fourth-order valence-electron chi connectivity index (χ4n) is 2.74. The molecule has 1 atom stereocenters. The van der Waals surface area contributed by atoms with Gasteiger partial charge < -0.3 is 4.89 Å². The van der Waals surface area contributed by atoms with Crippen LogP contribution in [0.2, 0.25) is 0 Å². The molecule has 0 bridgehead atoms.